The van der Waals surface area contributed by atoms with E-state index in [2.05, 4.69) is 0 Å². The van der Waals surface area contributed by atoms with Crippen molar-refractivity contribution in [3.05, 3.63) is 28.8 Å². The van der Waals surface area contributed by atoms with Gasteiger partial charge in [0.05, 0.1) is 11.1 Å². The zero-order chi connectivity index (χ0) is 11.4. The number of thiocarbonyl (C=S) groups is 1. The second-order valence-corrected chi connectivity index (χ2v) is 4.02. The van der Waals surface area contributed by atoms with Crippen LogP contribution in [0, 0.1) is 0 Å². The fraction of sp³-hybridized carbons (Fsp3) is 0.300. The van der Waals surface area contributed by atoms with Crippen LogP contribution >= 0.6 is 23.8 Å². The van der Waals surface area contributed by atoms with E-state index >= 15 is 0 Å². The Morgan fingerprint density at radius 1 is 1.67 bits per heavy atom. The van der Waals surface area contributed by atoms with Crippen LogP contribution in [0.5, 0.6) is 5.75 Å². The zero-order valence-corrected chi connectivity index (χ0v) is 9.81. The highest BCUT2D eigenvalue weighted by Gasteiger charge is 2.05. The van der Waals surface area contributed by atoms with Crippen molar-refractivity contribution in [1.29, 1.82) is 0 Å². The topological polar surface area (TPSA) is 55.5 Å². The van der Waals surface area contributed by atoms with Gasteiger partial charge in [0, 0.05) is 5.56 Å². The van der Waals surface area contributed by atoms with E-state index in [1.165, 1.54) is 0 Å². The molecule has 0 radical (unpaired) electrons. The smallest absolute Gasteiger partial charge is 0.138 e. The van der Waals surface area contributed by atoms with Crippen molar-refractivity contribution in [3.63, 3.8) is 0 Å². The lowest BCUT2D eigenvalue weighted by atomic mass is 10.2. The minimum atomic E-state index is -0.531. The maximum atomic E-state index is 9.04. The first-order chi connectivity index (χ1) is 7.00. The van der Waals surface area contributed by atoms with Crippen LogP contribution in [-0.4, -0.2) is 22.8 Å². The van der Waals surface area contributed by atoms with Crippen LogP contribution in [0.1, 0.15) is 12.5 Å². The number of benzene rings is 1. The lowest BCUT2D eigenvalue weighted by molar-refractivity contribution is 0.123. The van der Waals surface area contributed by atoms with Crippen molar-refractivity contribution in [2.75, 3.05) is 6.61 Å². The fourth-order valence-corrected chi connectivity index (χ4v) is 1.34. The SMILES string of the molecule is CC(O)COc1ccc(C(N)=S)cc1Cl. The average Bonchev–Trinajstić information content (AvgIpc) is 2.15. The summed E-state index contributed by atoms with van der Waals surface area (Å²) >= 11 is 10.7. The van der Waals surface area contributed by atoms with Crippen LogP contribution in [0.25, 0.3) is 0 Å². The van der Waals surface area contributed by atoms with Crippen LogP contribution in [0.4, 0.5) is 0 Å². The van der Waals surface area contributed by atoms with Gasteiger partial charge in [-0.25, -0.2) is 0 Å². The first kappa shape index (κ1) is 12.2. The standard InChI is InChI=1S/C10H12ClNO2S/c1-6(13)5-14-9-3-2-7(10(12)15)4-8(9)11/h2-4,6,13H,5H2,1H3,(H2,12,15). The molecule has 0 amide bonds. The molecule has 1 unspecified atom stereocenters. The van der Waals surface area contributed by atoms with Crippen LogP contribution in [0.3, 0.4) is 0 Å². The quantitative estimate of drug-likeness (QED) is 0.794. The molecule has 0 fully saturated rings. The summed E-state index contributed by atoms with van der Waals surface area (Å²) < 4.78 is 5.27. The summed E-state index contributed by atoms with van der Waals surface area (Å²) in [6.45, 7) is 1.84. The van der Waals surface area contributed by atoms with E-state index in [1.54, 1.807) is 25.1 Å². The van der Waals surface area contributed by atoms with Crippen molar-refractivity contribution < 1.29 is 9.84 Å². The highest BCUT2D eigenvalue weighted by atomic mass is 35.5. The van der Waals surface area contributed by atoms with Crippen molar-refractivity contribution in [2.24, 2.45) is 5.73 Å². The van der Waals surface area contributed by atoms with Crippen LogP contribution in [0.2, 0.25) is 5.02 Å². The van der Waals surface area contributed by atoms with Crippen LogP contribution in [-0.2, 0) is 0 Å². The lowest BCUT2D eigenvalue weighted by Gasteiger charge is -2.10. The maximum Gasteiger partial charge on any atom is 0.138 e. The molecule has 15 heavy (non-hydrogen) atoms. The lowest BCUT2D eigenvalue weighted by Crippen LogP contribution is -2.13. The van der Waals surface area contributed by atoms with Gasteiger partial charge in [0.2, 0.25) is 0 Å². The second-order valence-electron chi connectivity index (χ2n) is 3.17. The van der Waals surface area contributed by atoms with E-state index in [9.17, 15) is 0 Å². The molecule has 1 rings (SSSR count). The normalized spacial score (nSPS) is 12.2. The monoisotopic (exact) mass is 245 g/mol. The van der Waals surface area contributed by atoms with Crippen LogP contribution < -0.4 is 10.5 Å². The first-order valence-corrected chi connectivity index (χ1v) is 5.19. The predicted molar refractivity (Wildman–Crippen MR) is 64.5 cm³/mol. The molecule has 0 saturated heterocycles. The Labute approximate surface area is 98.8 Å². The molecule has 5 heteroatoms. The molecular weight excluding hydrogens is 234 g/mol. The number of halogens is 1. The van der Waals surface area contributed by atoms with Gasteiger partial charge in [-0.1, -0.05) is 23.8 Å². The summed E-state index contributed by atoms with van der Waals surface area (Å²) in [7, 11) is 0. The highest BCUT2D eigenvalue weighted by molar-refractivity contribution is 7.80. The van der Waals surface area contributed by atoms with Gasteiger partial charge in [0.1, 0.15) is 17.3 Å². The van der Waals surface area contributed by atoms with Crippen molar-refractivity contribution >= 4 is 28.8 Å². The van der Waals surface area contributed by atoms with E-state index in [4.69, 9.17) is 39.4 Å². The van der Waals surface area contributed by atoms with E-state index in [1.807, 2.05) is 0 Å². The van der Waals surface area contributed by atoms with Gasteiger partial charge in [0.25, 0.3) is 0 Å². The Hall–Kier alpha value is -0.840. The van der Waals surface area contributed by atoms with Crippen LogP contribution in [0.15, 0.2) is 18.2 Å². The van der Waals surface area contributed by atoms with Gasteiger partial charge in [0.15, 0.2) is 0 Å². The Morgan fingerprint density at radius 2 is 2.33 bits per heavy atom. The summed E-state index contributed by atoms with van der Waals surface area (Å²) in [6, 6.07) is 5.05. The number of nitrogens with two attached hydrogens (primary N) is 1. The van der Waals surface area contributed by atoms with E-state index in [-0.39, 0.29) is 6.61 Å². The summed E-state index contributed by atoms with van der Waals surface area (Å²) in [5.41, 5.74) is 6.14. The summed E-state index contributed by atoms with van der Waals surface area (Å²) in [4.78, 5) is 0.291. The number of hydrogen-bond donors (Lipinski definition) is 2. The highest BCUT2D eigenvalue weighted by Crippen LogP contribution is 2.25. The molecule has 1 aromatic carbocycles. The van der Waals surface area contributed by atoms with Crippen molar-refractivity contribution in [1.82, 2.24) is 0 Å². The Kier molecular flexibility index (Phi) is 4.32. The summed E-state index contributed by atoms with van der Waals surface area (Å²) in [5.74, 6) is 0.512. The number of ether oxygens (including phenoxy) is 1. The van der Waals surface area contributed by atoms with E-state index in [0.717, 1.165) is 0 Å². The largest absolute Gasteiger partial charge is 0.489 e. The summed E-state index contributed by atoms with van der Waals surface area (Å²) in [6.07, 6.45) is -0.531. The third-order valence-corrected chi connectivity index (χ3v) is 2.23. The Balaban J connectivity index is 2.79. The third kappa shape index (κ3) is 3.66. The van der Waals surface area contributed by atoms with Gasteiger partial charge in [-0.05, 0) is 25.1 Å². The Morgan fingerprint density at radius 3 is 2.80 bits per heavy atom. The number of rotatable bonds is 4. The molecule has 0 aliphatic heterocycles. The molecule has 0 bridgehead atoms. The predicted octanol–water partition coefficient (Wildman–Crippen LogP) is 1.73. The number of aliphatic hydroxyl groups excluding tert-OH is 1. The van der Waals surface area contributed by atoms with Gasteiger partial charge in [-0.2, -0.15) is 0 Å². The molecule has 0 aliphatic carbocycles. The fourth-order valence-electron chi connectivity index (χ4n) is 0.982. The van der Waals surface area contributed by atoms with Crippen molar-refractivity contribution in [3.8, 4) is 5.75 Å². The molecule has 0 saturated carbocycles. The van der Waals surface area contributed by atoms with Gasteiger partial charge < -0.3 is 15.6 Å². The van der Waals surface area contributed by atoms with Gasteiger partial charge in [-0.3, -0.25) is 0 Å². The molecule has 0 spiro atoms. The molecule has 3 N–H and O–H groups in total. The number of hydrogen-bond acceptors (Lipinski definition) is 3. The van der Waals surface area contributed by atoms with Crippen molar-refractivity contribution in [2.45, 2.75) is 13.0 Å². The van der Waals surface area contributed by atoms with E-state index in [0.29, 0.717) is 21.3 Å². The third-order valence-electron chi connectivity index (χ3n) is 1.70. The zero-order valence-electron chi connectivity index (χ0n) is 8.24. The summed E-state index contributed by atoms with van der Waals surface area (Å²) in [5, 5.41) is 9.47. The Bertz CT molecular complexity index is 368. The molecule has 1 aromatic rings. The minimum absolute atomic E-state index is 0.201. The maximum absolute atomic E-state index is 9.04. The van der Waals surface area contributed by atoms with Gasteiger partial charge in [-0.15, -0.1) is 0 Å². The molecule has 1 atom stereocenters. The molecule has 82 valence electrons. The molecule has 0 aliphatic rings. The molecule has 3 nitrogen and oxygen atoms in total. The molecular formula is C10H12ClNO2S. The minimum Gasteiger partial charge on any atom is -0.489 e. The van der Waals surface area contributed by atoms with Gasteiger partial charge >= 0.3 is 0 Å². The molecule has 0 heterocycles. The number of aliphatic hydroxyl groups is 1. The van der Waals surface area contributed by atoms with E-state index < -0.39 is 6.10 Å². The molecule has 0 aromatic heterocycles. The average molecular weight is 246 g/mol. The first-order valence-electron chi connectivity index (χ1n) is 4.41. The second kappa shape index (κ2) is 5.30.